The number of carbonyl (C=O) groups is 1. The average Bonchev–Trinajstić information content (AvgIpc) is 2.16. The van der Waals surface area contributed by atoms with Gasteiger partial charge in [-0.3, -0.25) is 4.79 Å². The van der Waals surface area contributed by atoms with Gasteiger partial charge < -0.3 is 5.32 Å². The maximum absolute atomic E-state index is 11.2. The Balaban J connectivity index is 2.37. The first-order valence-corrected chi connectivity index (χ1v) is 4.38. The van der Waals surface area contributed by atoms with E-state index in [9.17, 15) is 4.79 Å². The van der Waals surface area contributed by atoms with Crippen molar-refractivity contribution in [3.8, 4) is 0 Å². The van der Waals surface area contributed by atoms with Gasteiger partial charge in [0.2, 0.25) is 5.91 Å². The molecule has 0 saturated carbocycles. The normalized spacial score (nSPS) is 9.62. The van der Waals surface area contributed by atoms with Crippen molar-refractivity contribution in [1.82, 2.24) is 9.97 Å². The SMILES string of the molecule is CCCCC(=O)Nc1ccncn1. The lowest BCUT2D eigenvalue weighted by atomic mass is 10.2. The Labute approximate surface area is 77.4 Å². The molecule has 0 aliphatic rings. The number of nitrogens with zero attached hydrogens (tertiary/aromatic N) is 2. The number of aromatic nitrogens is 2. The van der Waals surface area contributed by atoms with Crippen LogP contribution in [0, 0.1) is 0 Å². The van der Waals surface area contributed by atoms with E-state index in [4.69, 9.17) is 0 Å². The summed E-state index contributed by atoms with van der Waals surface area (Å²) in [6.45, 7) is 2.05. The summed E-state index contributed by atoms with van der Waals surface area (Å²) in [5, 5.41) is 2.69. The lowest BCUT2D eigenvalue weighted by molar-refractivity contribution is -0.116. The maximum atomic E-state index is 11.2. The third-order valence-corrected chi connectivity index (χ3v) is 1.61. The fourth-order valence-corrected chi connectivity index (χ4v) is 0.907. The van der Waals surface area contributed by atoms with Crippen molar-refractivity contribution in [2.45, 2.75) is 26.2 Å². The van der Waals surface area contributed by atoms with Crippen LogP contribution in [-0.2, 0) is 4.79 Å². The second-order valence-corrected chi connectivity index (χ2v) is 2.75. The van der Waals surface area contributed by atoms with E-state index in [1.54, 1.807) is 12.3 Å². The fourth-order valence-electron chi connectivity index (χ4n) is 0.907. The van der Waals surface area contributed by atoms with Crippen LogP contribution in [0.4, 0.5) is 5.82 Å². The Kier molecular flexibility index (Phi) is 3.88. The van der Waals surface area contributed by atoms with Gasteiger partial charge >= 0.3 is 0 Å². The van der Waals surface area contributed by atoms with Crippen molar-refractivity contribution in [3.63, 3.8) is 0 Å². The van der Waals surface area contributed by atoms with Gasteiger partial charge in [0.25, 0.3) is 0 Å². The van der Waals surface area contributed by atoms with E-state index in [2.05, 4.69) is 22.2 Å². The number of rotatable bonds is 4. The first-order chi connectivity index (χ1) is 6.33. The summed E-state index contributed by atoms with van der Waals surface area (Å²) in [5.41, 5.74) is 0. The van der Waals surface area contributed by atoms with Crippen molar-refractivity contribution < 1.29 is 4.79 Å². The van der Waals surface area contributed by atoms with E-state index in [0.717, 1.165) is 12.8 Å². The van der Waals surface area contributed by atoms with Gasteiger partial charge in [0.15, 0.2) is 0 Å². The number of unbranched alkanes of at least 4 members (excludes halogenated alkanes) is 1. The van der Waals surface area contributed by atoms with E-state index >= 15 is 0 Å². The molecule has 0 saturated heterocycles. The zero-order valence-corrected chi connectivity index (χ0v) is 7.66. The van der Waals surface area contributed by atoms with Gasteiger partial charge in [0.05, 0.1) is 0 Å². The van der Waals surface area contributed by atoms with Crippen LogP contribution in [0.25, 0.3) is 0 Å². The molecule has 0 aromatic carbocycles. The smallest absolute Gasteiger partial charge is 0.225 e. The van der Waals surface area contributed by atoms with Crippen molar-refractivity contribution in [2.24, 2.45) is 0 Å². The molecule has 70 valence electrons. The summed E-state index contributed by atoms with van der Waals surface area (Å²) in [6.07, 6.45) is 5.51. The molecule has 0 radical (unpaired) electrons. The van der Waals surface area contributed by atoms with Crippen LogP contribution in [0.3, 0.4) is 0 Å². The van der Waals surface area contributed by atoms with Gasteiger partial charge in [-0.1, -0.05) is 13.3 Å². The number of anilines is 1. The molecule has 0 spiro atoms. The second-order valence-electron chi connectivity index (χ2n) is 2.75. The molecule has 1 heterocycles. The van der Waals surface area contributed by atoms with Crippen molar-refractivity contribution >= 4 is 11.7 Å². The second kappa shape index (κ2) is 5.24. The summed E-state index contributed by atoms with van der Waals surface area (Å²) in [7, 11) is 0. The molecule has 13 heavy (non-hydrogen) atoms. The molecule has 4 nitrogen and oxygen atoms in total. The lowest BCUT2D eigenvalue weighted by Gasteiger charge is -2.01. The zero-order chi connectivity index (χ0) is 9.52. The van der Waals surface area contributed by atoms with Crippen LogP contribution >= 0.6 is 0 Å². The zero-order valence-electron chi connectivity index (χ0n) is 7.66. The third kappa shape index (κ3) is 3.64. The topological polar surface area (TPSA) is 54.9 Å². The first kappa shape index (κ1) is 9.64. The van der Waals surface area contributed by atoms with Gasteiger partial charge in [0, 0.05) is 12.6 Å². The molecule has 0 bridgehead atoms. The van der Waals surface area contributed by atoms with E-state index in [1.165, 1.54) is 6.33 Å². The Hall–Kier alpha value is -1.45. The van der Waals surface area contributed by atoms with Crippen LogP contribution in [0.5, 0.6) is 0 Å². The van der Waals surface area contributed by atoms with Crippen LogP contribution < -0.4 is 5.32 Å². The van der Waals surface area contributed by atoms with Crippen LogP contribution in [0.2, 0.25) is 0 Å². The highest BCUT2D eigenvalue weighted by Crippen LogP contribution is 2.01. The molecule has 1 aromatic rings. The molecule has 1 rings (SSSR count). The Morgan fingerprint density at radius 1 is 1.62 bits per heavy atom. The molecule has 4 heteroatoms. The van der Waals surface area contributed by atoms with E-state index in [-0.39, 0.29) is 5.91 Å². The molecule has 0 fully saturated rings. The minimum Gasteiger partial charge on any atom is -0.311 e. The maximum Gasteiger partial charge on any atom is 0.225 e. The molecule has 0 unspecified atom stereocenters. The Morgan fingerprint density at radius 3 is 3.08 bits per heavy atom. The van der Waals surface area contributed by atoms with Crippen LogP contribution in [0.1, 0.15) is 26.2 Å². The van der Waals surface area contributed by atoms with Crippen molar-refractivity contribution in [1.29, 1.82) is 0 Å². The number of nitrogens with one attached hydrogen (secondary N) is 1. The van der Waals surface area contributed by atoms with E-state index in [1.807, 2.05) is 0 Å². The van der Waals surface area contributed by atoms with Crippen molar-refractivity contribution in [3.05, 3.63) is 18.6 Å². The highest BCUT2D eigenvalue weighted by Gasteiger charge is 2.00. The third-order valence-electron chi connectivity index (χ3n) is 1.61. The number of carbonyl (C=O) groups excluding carboxylic acids is 1. The predicted octanol–water partition coefficient (Wildman–Crippen LogP) is 1.61. The largest absolute Gasteiger partial charge is 0.311 e. The molecular formula is C9H13N3O. The van der Waals surface area contributed by atoms with Gasteiger partial charge in [-0.25, -0.2) is 9.97 Å². The summed E-state index contributed by atoms with van der Waals surface area (Å²) in [5.74, 6) is 0.580. The quantitative estimate of drug-likeness (QED) is 0.763. The van der Waals surface area contributed by atoms with Crippen molar-refractivity contribution in [2.75, 3.05) is 5.32 Å². The highest BCUT2D eigenvalue weighted by atomic mass is 16.1. The van der Waals surface area contributed by atoms with Gasteiger partial charge in [-0.2, -0.15) is 0 Å². The monoisotopic (exact) mass is 179 g/mol. The predicted molar refractivity (Wildman–Crippen MR) is 50.2 cm³/mol. The summed E-state index contributed by atoms with van der Waals surface area (Å²) < 4.78 is 0. The minimum atomic E-state index is 0.0144. The van der Waals surface area contributed by atoms with Gasteiger partial charge in [0.1, 0.15) is 12.1 Å². The first-order valence-electron chi connectivity index (χ1n) is 4.38. The number of hydrogen-bond acceptors (Lipinski definition) is 3. The average molecular weight is 179 g/mol. The highest BCUT2D eigenvalue weighted by molar-refractivity contribution is 5.89. The minimum absolute atomic E-state index is 0.0144. The van der Waals surface area contributed by atoms with Crippen LogP contribution in [-0.4, -0.2) is 15.9 Å². The molecule has 1 amide bonds. The molecular weight excluding hydrogens is 166 g/mol. The van der Waals surface area contributed by atoms with E-state index in [0.29, 0.717) is 12.2 Å². The summed E-state index contributed by atoms with van der Waals surface area (Å²) >= 11 is 0. The van der Waals surface area contributed by atoms with Crippen LogP contribution in [0.15, 0.2) is 18.6 Å². The van der Waals surface area contributed by atoms with Gasteiger partial charge in [-0.15, -0.1) is 0 Å². The fraction of sp³-hybridized carbons (Fsp3) is 0.444. The Morgan fingerprint density at radius 2 is 2.46 bits per heavy atom. The lowest BCUT2D eigenvalue weighted by Crippen LogP contribution is -2.11. The molecule has 0 aliphatic heterocycles. The summed E-state index contributed by atoms with van der Waals surface area (Å²) in [6, 6.07) is 1.67. The summed E-state index contributed by atoms with van der Waals surface area (Å²) in [4.78, 5) is 18.8. The Bertz CT molecular complexity index is 261. The van der Waals surface area contributed by atoms with E-state index < -0.39 is 0 Å². The number of hydrogen-bond donors (Lipinski definition) is 1. The molecule has 1 N–H and O–H groups in total. The number of amides is 1. The molecule has 0 aliphatic carbocycles. The van der Waals surface area contributed by atoms with Gasteiger partial charge in [-0.05, 0) is 12.5 Å². The molecule has 1 aromatic heterocycles. The molecule has 0 atom stereocenters. The standard InChI is InChI=1S/C9H13N3O/c1-2-3-4-9(13)12-8-5-6-10-7-11-8/h5-7H,2-4H2,1H3,(H,10,11,12,13).